The van der Waals surface area contributed by atoms with Gasteiger partial charge in [0.05, 0.1) is 5.60 Å². The van der Waals surface area contributed by atoms with Crippen LogP contribution in [0.5, 0.6) is 0 Å². The largest absolute Gasteiger partial charge is 0.390 e. The van der Waals surface area contributed by atoms with Crippen molar-refractivity contribution in [3.63, 3.8) is 0 Å². The number of carbonyl (C=O) groups excluding carboxylic acids is 1. The van der Waals surface area contributed by atoms with Gasteiger partial charge in [0, 0.05) is 12.8 Å². The third-order valence-corrected chi connectivity index (χ3v) is 3.59. The van der Waals surface area contributed by atoms with Crippen LogP contribution in [0.4, 0.5) is 0 Å². The van der Waals surface area contributed by atoms with Crippen LogP contribution < -0.4 is 0 Å². The molecule has 2 fully saturated rings. The summed E-state index contributed by atoms with van der Waals surface area (Å²) in [6, 6.07) is 0. The van der Waals surface area contributed by atoms with Crippen molar-refractivity contribution in [3.8, 4) is 0 Å². The average Bonchev–Trinajstić information content (AvgIpc) is 2.42. The molecule has 0 aromatic rings. The van der Waals surface area contributed by atoms with Gasteiger partial charge in [0.15, 0.2) is 0 Å². The Bertz CT molecular complexity index is 194. The molecule has 2 aliphatic rings. The van der Waals surface area contributed by atoms with E-state index in [0.717, 1.165) is 32.1 Å². The number of hydrogen-bond acceptors (Lipinski definition) is 2. The molecule has 0 aliphatic heterocycles. The zero-order valence-corrected chi connectivity index (χ0v) is 7.55. The van der Waals surface area contributed by atoms with Crippen LogP contribution in [0.25, 0.3) is 0 Å². The molecule has 0 spiro atoms. The normalized spacial score (nSPS) is 46.7. The molecule has 0 radical (unpaired) electrons. The lowest BCUT2D eigenvalue weighted by Gasteiger charge is -2.20. The molecule has 3 atom stereocenters. The SMILES string of the molecule is CCC1(O)C[C@H]2CC(=O)C[C@H]2C1. The van der Waals surface area contributed by atoms with Gasteiger partial charge in [-0.05, 0) is 31.1 Å². The van der Waals surface area contributed by atoms with Crippen molar-refractivity contribution in [1.82, 2.24) is 0 Å². The van der Waals surface area contributed by atoms with Crippen molar-refractivity contribution >= 4 is 5.78 Å². The highest BCUT2D eigenvalue weighted by Gasteiger charge is 2.47. The number of ketones is 1. The van der Waals surface area contributed by atoms with E-state index in [-0.39, 0.29) is 0 Å². The van der Waals surface area contributed by atoms with E-state index in [9.17, 15) is 9.90 Å². The summed E-state index contributed by atoms with van der Waals surface area (Å²) in [4.78, 5) is 11.1. The second-order valence-corrected chi connectivity index (χ2v) is 4.45. The molecule has 68 valence electrons. The zero-order chi connectivity index (χ0) is 8.77. The van der Waals surface area contributed by atoms with Gasteiger partial charge in [0.25, 0.3) is 0 Å². The second kappa shape index (κ2) is 2.56. The van der Waals surface area contributed by atoms with Crippen molar-refractivity contribution in [2.24, 2.45) is 11.8 Å². The molecule has 0 heterocycles. The number of Topliss-reactive ketones (excluding diaryl/α,β-unsaturated/α-hetero) is 1. The quantitative estimate of drug-likeness (QED) is 0.644. The molecule has 2 aliphatic carbocycles. The molecule has 1 unspecified atom stereocenters. The maximum Gasteiger partial charge on any atom is 0.133 e. The third kappa shape index (κ3) is 1.18. The fraction of sp³-hybridized carbons (Fsp3) is 0.900. The lowest BCUT2D eigenvalue weighted by Crippen LogP contribution is -2.24. The maximum absolute atomic E-state index is 11.1. The zero-order valence-electron chi connectivity index (χ0n) is 7.55. The van der Waals surface area contributed by atoms with Gasteiger partial charge in [-0.2, -0.15) is 0 Å². The summed E-state index contributed by atoms with van der Waals surface area (Å²) in [5, 5.41) is 9.98. The Morgan fingerprint density at radius 1 is 1.42 bits per heavy atom. The number of aliphatic hydroxyl groups is 1. The Balaban J connectivity index is 2.06. The molecule has 0 aromatic heterocycles. The Kier molecular flexibility index (Phi) is 1.76. The molecule has 1 N–H and O–H groups in total. The molecular formula is C10H16O2. The summed E-state index contributed by atoms with van der Waals surface area (Å²) in [7, 11) is 0. The second-order valence-electron chi connectivity index (χ2n) is 4.45. The minimum absolute atomic E-state index is 0.406. The van der Waals surface area contributed by atoms with Gasteiger partial charge in [-0.1, -0.05) is 6.92 Å². The highest BCUT2D eigenvalue weighted by Crippen LogP contribution is 2.48. The van der Waals surface area contributed by atoms with Gasteiger partial charge in [0.2, 0.25) is 0 Å². The van der Waals surface area contributed by atoms with Crippen LogP contribution in [-0.2, 0) is 4.79 Å². The minimum Gasteiger partial charge on any atom is -0.390 e. The van der Waals surface area contributed by atoms with E-state index >= 15 is 0 Å². The summed E-state index contributed by atoms with van der Waals surface area (Å²) >= 11 is 0. The van der Waals surface area contributed by atoms with Crippen LogP contribution >= 0.6 is 0 Å². The van der Waals surface area contributed by atoms with Crippen molar-refractivity contribution < 1.29 is 9.90 Å². The summed E-state index contributed by atoms with van der Waals surface area (Å²) in [5.74, 6) is 1.41. The van der Waals surface area contributed by atoms with E-state index in [0.29, 0.717) is 17.6 Å². The first-order valence-electron chi connectivity index (χ1n) is 4.87. The van der Waals surface area contributed by atoms with Crippen LogP contribution in [0.1, 0.15) is 39.0 Å². The van der Waals surface area contributed by atoms with Gasteiger partial charge in [-0.15, -0.1) is 0 Å². The van der Waals surface area contributed by atoms with E-state index in [2.05, 4.69) is 0 Å². The fourth-order valence-electron chi connectivity index (χ4n) is 2.83. The van der Waals surface area contributed by atoms with Crippen LogP contribution in [0.2, 0.25) is 0 Å². The maximum atomic E-state index is 11.1. The lowest BCUT2D eigenvalue weighted by molar-refractivity contribution is -0.118. The van der Waals surface area contributed by atoms with Crippen LogP contribution in [0.15, 0.2) is 0 Å². The number of carbonyl (C=O) groups is 1. The number of fused-ring (bicyclic) bond motifs is 1. The predicted octanol–water partition coefficient (Wildman–Crippen LogP) is 1.52. The Morgan fingerprint density at radius 2 is 1.92 bits per heavy atom. The van der Waals surface area contributed by atoms with E-state index in [4.69, 9.17) is 0 Å². The standard InChI is InChI=1S/C10H16O2/c1-2-10(12)5-7-3-9(11)4-8(7)6-10/h7-8,12H,2-6H2,1H3/t7-,8+,10?. The molecular weight excluding hydrogens is 152 g/mol. The summed E-state index contributed by atoms with van der Waals surface area (Å²) in [6.45, 7) is 2.03. The van der Waals surface area contributed by atoms with Crippen LogP contribution in [0.3, 0.4) is 0 Å². The van der Waals surface area contributed by atoms with Crippen molar-refractivity contribution in [1.29, 1.82) is 0 Å². The van der Waals surface area contributed by atoms with Crippen LogP contribution in [0, 0.1) is 11.8 Å². The Labute approximate surface area is 73.0 Å². The van der Waals surface area contributed by atoms with Gasteiger partial charge in [0.1, 0.15) is 5.78 Å². The van der Waals surface area contributed by atoms with Gasteiger partial charge in [-0.25, -0.2) is 0 Å². The monoisotopic (exact) mass is 168 g/mol. The third-order valence-electron chi connectivity index (χ3n) is 3.59. The first-order chi connectivity index (χ1) is 5.63. The molecule has 0 amide bonds. The fourth-order valence-corrected chi connectivity index (χ4v) is 2.83. The molecule has 0 bridgehead atoms. The molecule has 2 nitrogen and oxygen atoms in total. The molecule has 2 saturated carbocycles. The molecule has 12 heavy (non-hydrogen) atoms. The smallest absolute Gasteiger partial charge is 0.133 e. The molecule has 0 aromatic carbocycles. The lowest BCUT2D eigenvalue weighted by atomic mass is 9.95. The summed E-state index contributed by atoms with van der Waals surface area (Å²) in [6.07, 6.45) is 4.02. The number of hydrogen-bond donors (Lipinski definition) is 1. The van der Waals surface area contributed by atoms with E-state index in [1.54, 1.807) is 0 Å². The van der Waals surface area contributed by atoms with Crippen LogP contribution in [-0.4, -0.2) is 16.5 Å². The highest BCUT2D eigenvalue weighted by molar-refractivity contribution is 5.81. The minimum atomic E-state index is -0.434. The van der Waals surface area contributed by atoms with Gasteiger partial charge >= 0.3 is 0 Å². The van der Waals surface area contributed by atoms with Gasteiger partial charge < -0.3 is 5.11 Å². The molecule has 2 heteroatoms. The van der Waals surface area contributed by atoms with Crippen molar-refractivity contribution in [3.05, 3.63) is 0 Å². The molecule has 2 rings (SSSR count). The first-order valence-corrected chi connectivity index (χ1v) is 4.87. The van der Waals surface area contributed by atoms with E-state index < -0.39 is 5.60 Å². The number of rotatable bonds is 1. The van der Waals surface area contributed by atoms with E-state index in [1.165, 1.54) is 0 Å². The summed E-state index contributed by atoms with van der Waals surface area (Å²) < 4.78 is 0. The van der Waals surface area contributed by atoms with Crippen molar-refractivity contribution in [2.75, 3.05) is 0 Å². The Morgan fingerprint density at radius 3 is 2.33 bits per heavy atom. The topological polar surface area (TPSA) is 37.3 Å². The highest BCUT2D eigenvalue weighted by atomic mass is 16.3. The summed E-state index contributed by atoms with van der Waals surface area (Å²) in [5.41, 5.74) is -0.434. The Hall–Kier alpha value is -0.370. The van der Waals surface area contributed by atoms with E-state index in [1.807, 2.05) is 6.92 Å². The average molecular weight is 168 g/mol. The predicted molar refractivity (Wildman–Crippen MR) is 45.7 cm³/mol. The molecule has 0 saturated heterocycles. The first kappa shape index (κ1) is 8.24. The van der Waals surface area contributed by atoms with Crippen molar-refractivity contribution in [2.45, 2.75) is 44.6 Å². The van der Waals surface area contributed by atoms with Gasteiger partial charge in [-0.3, -0.25) is 4.79 Å².